The van der Waals surface area contributed by atoms with Crippen LogP contribution in [0.3, 0.4) is 0 Å². The monoisotopic (exact) mass is 193 g/mol. The fraction of sp³-hybridized carbons (Fsp3) is 0.333. The first-order valence-electron chi connectivity index (χ1n) is 4.33. The maximum Gasteiger partial charge on any atom is 0.203 e. The van der Waals surface area contributed by atoms with Gasteiger partial charge < -0.3 is 9.84 Å². The van der Waals surface area contributed by atoms with Crippen LogP contribution >= 0.6 is 0 Å². The van der Waals surface area contributed by atoms with E-state index in [2.05, 4.69) is 10.2 Å². The zero-order valence-electron chi connectivity index (χ0n) is 7.84. The lowest BCUT2D eigenvalue weighted by molar-refractivity contribution is 0.200. The summed E-state index contributed by atoms with van der Waals surface area (Å²) < 4.78 is 6.71. The number of hydrogen-bond donors (Lipinski definition) is 1. The van der Waals surface area contributed by atoms with Crippen molar-refractivity contribution in [3.05, 3.63) is 24.2 Å². The predicted molar refractivity (Wildman–Crippen MR) is 50.2 cm³/mol. The molecule has 5 nitrogen and oxygen atoms in total. The van der Waals surface area contributed by atoms with Crippen LogP contribution < -0.4 is 0 Å². The summed E-state index contributed by atoms with van der Waals surface area (Å²) in [7, 11) is 1.64. The van der Waals surface area contributed by atoms with E-state index in [9.17, 15) is 5.11 Å². The Bertz CT molecular complexity index is 439. The highest BCUT2D eigenvalue weighted by Crippen LogP contribution is 2.15. The van der Waals surface area contributed by atoms with E-state index in [0.29, 0.717) is 18.7 Å². The van der Waals surface area contributed by atoms with Crippen molar-refractivity contribution in [2.24, 2.45) is 0 Å². The molecule has 0 aliphatic rings. The van der Waals surface area contributed by atoms with Crippen LogP contribution in [0.4, 0.5) is 0 Å². The lowest BCUT2D eigenvalue weighted by atomic mass is 10.4. The Hall–Kier alpha value is -1.62. The third-order valence-corrected chi connectivity index (χ3v) is 2.01. The molecule has 2 heterocycles. The summed E-state index contributed by atoms with van der Waals surface area (Å²) >= 11 is 0. The van der Waals surface area contributed by atoms with E-state index < -0.39 is 0 Å². The molecule has 0 fully saturated rings. The molecular weight excluding hydrogens is 182 g/mol. The van der Waals surface area contributed by atoms with Crippen LogP contribution in [0.2, 0.25) is 0 Å². The third kappa shape index (κ3) is 1.42. The molecule has 0 radical (unpaired) electrons. The Kier molecular flexibility index (Phi) is 2.32. The van der Waals surface area contributed by atoms with Crippen LogP contribution in [0.5, 0.6) is 5.75 Å². The maximum atomic E-state index is 9.46. The second-order valence-electron chi connectivity index (χ2n) is 2.95. The molecule has 0 bridgehead atoms. The number of hydrogen-bond acceptors (Lipinski definition) is 4. The number of aromatic hydroxyl groups is 1. The van der Waals surface area contributed by atoms with Crippen molar-refractivity contribution >= 4 is 5.65 Å². The van der Waals surface area contributed by atoms with Gasteiger partial charge in [-0.1, -0.05) is 0 Å². The summed E-state index contributed by atoms with van der Waals surface area (Å²) in [6, 6.07) is 3.34. The minimum Gasteiger partial charge on any atom is -0.504 e. The molecule has 0 unspecified atom stereocenters. The summed E-state index contributed by atoms with van der Waals surface area (Å²) in [5.74, 6) is 0.932. The van der Waals surface area contributed by atoms with E-state index in [1.54, 1.807) is 23.6 Å². The van der Waals surface area contributed by atoms with Gasteiger partial charge in [-0.05, 0) is 12.1 Å². The smallest absolute Gasteiger partial charge is 0.203 e. The normalized spacial score (nSPS) is 10.9. The number of methoxy groups -OCH3 is 1. The molecule has 5 heteroatoms. The van der Waals surface area contributed by atoms with Gasteiger partial charge in [-0.25, -0.2) is 0 Å². The average molecular weight is 193 g/mol. The molecule has 0 aliphatic carbocycles. The van der Waals surface area contributed by atoms with Crippen molar-refractivity contribution in [2.75, 3.05) is 13.7 Å². The fourth-order valence-electron chi connectivity index (χ4n) is 1.31. The van der Waals surface area contributed by atoms with Crippen LogP contribution in [0.15, 0.2) is 18.3 Å². The molecule has 0 amide bonds. The van der Waals surface area contributed by atoms with Gasteiger partial charge in [0.15, 0.2) is 5.75 Å². The zero-order valence-corrected chi connectivity index (χ0v) is 7.84. The molecule has 2 aromatic rings. The predicted octanol–water partition coefficient (Wildman–Crippen LogP) is 0.624. The average Bonchev–Trinajstić information content (AvgIpc) is 2.60. The van der Waals surface area contributed by atoms with Crippen LogP contribution in [-0.4, -0.2) is 33.4 Å². The van der Waals surface area contributed by atoms with E-state index in [1.165, 1.54) is 0 Å². The summed E-state index contributed by atoms with van der Waals surface area (Å²) in [4.78, 5) is 0. The van der Waals surface area contributed by atoms with Crippen LogP contribution in [0.25, 0.3) is 5.65 Å². The van der Waals surface area contributed by atoms with E-state index in [4.69, 9.17) is 4.74 Å². The summed E-state index contributed by atoms with van der Waals surface area (Å²) in [5, 5.41) is 17.3. The van der Waals surface area contributed by atoms with Crippen LogP contribution in [-0.2, 0) is 11.2 Å². The molecule has 2 rings (SSSR count). The van der Waals surface area contributed by atoms with Gasteiger partial charge in [0.25, 0.3) is 0 Å². The quantitative estimate of drug-likeness (QED) is 0.776. The molecule has 0 saturated heterocycles. The highest BCUT2D eigenvalue weighted by Gasteiger charge is 2.07. The first-order valence-corrected chi connectivity index (χ1v) is 4.33. The van der Waals surface area contributed by atoms with Gasteiger partial charge in [0, 0.05) is 19.7 Å². The molecule has 14 heavy (non-hydrogen) atoms. The standard InChI is InChI=1S/C9H11N3O2/c1-14-6-4-8-10-11-9-7(13)3-2-5-12(8)9/h2-3,5,13H,4,6H2,1H3. The van der Waals surface area contributed by atoms with Gasteiger partial charge >= 0.3 is 0 Å². The molecule has 1 N–H and O–H groups in total. The van der Waals surface area contributed by atoms with Crippen molar-refractivity contribution in [1.82, 2.24) is 14.6 Å². The van der Waals surface area contributed by atoms with Crippen molar-refractivity contribution < 1.29 is 9.84 Å². The van der Waals surface area contributed by atoms with Gasteiger partial charge in [0.2, 0.25) is 5.65 Å². The lowest BCUT2D eigenvalue weighted by Gasteiger charge is -1.99. The number of nitrogens with zero attached hydrogens (tertiary/aromatic N) is 3. The van der Waals surface area contributed by atoms with Crippen LogP contribution in [0, 0.1) is 0 Å². The molecule has 0 atom stereocenters. The minimum absolute atomic E-state index is 0.142. The summed E-state index contributed by atoms with van der Waals surface area (Å²) in [6.45, 7) is 0.594. The maximum absolute atomic E-state index is 9.46. The van der Waals surface area contributed by atoms with Gasteiger partial charge in [0.05, 0.1) is 6.61 Å². The molecular formula is C9H11N3O2. The van der Waals surface area contributed by atoms with Crippen molar-refractivity contribution in [3.8, 4) is 5.75 Å². The summed E-state index contributed by atoms with van der Waals surface area (Å²) in [6.07, 6.45) is 2.50. The van der Waals surface area contributed by atoms with Gasteiger partial charge in [-0.15, -0.1) is 10.2 Å². The lowest BCUT2D eigenvalue weighted by Crippen LogP contribution is -1.99. The van der Waals surface area contributed by atoms with Gasteiger partial charge in [0.1, 0.15) is 5.82 Å². The topological polar surface area (TPSA) is 59.7 Å². The first kappa shape index (κ1) is 8.96. The molecule has 0 aliphatic heterocycles. The Morgan fingerprint density at radius 3 is 3.14 bits per heavy atom. The summed E-state index contributed by atoms with van der Waals surface area (Å²) in [5.41, 5.74) is 0.485. The Labute approximate surface area is 81.0 Å². The Morgan fingerprint density at radius 2 is 2.36 bits per heavy atom. The third-order valence-electron chi connectivity index (χ3n) is 2.01. The highest BCUT2D eigenvalue weighted by molar-refractivity contribution is 5.51. The van der Waals surface area contributed by atoms with E-state index in [-0.39, 0.29) is 5.75 Å². The minimum atomic E-state index is 0.142. The van der Waals surface area contributed by atoms with E-state index in [1.807, 2.05) is 6.20 Å². The van der Waals surface area contributed by atoms with Crippen molar-refractivity contribution in [3.63, 3.8) is 0 Å². The first-order chi connectivity index (χ1) is 6.83. The number of fused-ring (bicyclic) bond motifs is 1. The molecule has 2 aromatic heterocycles. The molecule has 74 valence electrons. The Morgan fingerprint density at radius 1 is 1.50 bits per heavy atom. The van der Waals surface area contributed by atoms with Crippen molar-refractivity contribution in [1.29, 1.82) is 0 Å². The number of aromatic nitrogens is 3. The SMILES string of the molecule is COCCc1nnc2c(O)cccn12. The van der Waals surface area contributed by atoms with Gasteiger partial charge in [-0.3, -0.25) is 4.40 Å². The number of pyridine rings is 1. The van der Waals surface area contributed by atoms with Crippen molar-refractivity contribution in [2.45, 2.75) is 6.42 Å². The zero-order chi connectivity index (χ0) is 9.97. The Balaban J connectivity index is 2.42. The van der Waals surface area contributed by atoms with Crippen LogP contribution in [0.1, 0.15) is 5.82 Å². The van der Waals surface area contributed by atoms with E-state index in [0.717, 1.165) is 5.82 Å². The molecule has 0 saturated carbocycles. The van der Waals surface area contributed by atoms with Gasteiger partial charge in [-0.2, -0.15) is 0 Å². The second kappa shape index (κ2) is 3.63. The number of ether oxygens (including phenoxy) is 1. The van der Waals surface area contributed by atoms with E-state index >= 15 is 0 Å². The molecule has 0 aromatic carbocycles. The fourth-order valence-corrected chi connectivity index (χ4v) is 1.31. The molecule has 0 spiro atoms. The highest BCUT2D eigenvalue weighted by atomic mass is 16.5. The second-order valence-corrected chi connectivity index (χ2v) is 2.95. The number of rotatable bonds is 3. The largest absolute Gasteiger partial charge is 0.504 e.